The quantitative estimate of drug-likeness (QED) is 0.171. The first-order valence-electron chi connectivity index (χ1n) is 12.8. The van der Waals surface area contributed by atoms with Gasteiger partial charge in [0, 0.05) is 42.6 Å². The molecule has 0 radical (unpaired) electrons. The zero-order chi connectivity index (χ0) is 30.0. The van der Waals surface area contributed by atoms with Gasteiger partial charge in [-0.25, -0.2) is 0 Å². The van der Waals surface area contributed by atoms with E-state index in [0.29, 0.717) is 31.4 Å². The molecule has 10 heteroatoms. The molecule has 0 aliphatic heterocycles. The minimum atomic E-state index is -4.67. The van der Waals surface area contributed by atoms with Crippen molar-refractivity contribution in [2.24, 2.45) is 17.2 Å². The van der Waals surface area contributed by atoms with Crippen molar-refractivity contribution in [1.29, 1.82) is 0 Å². The van der Waals surface area contributed by atoms with Crippen LogP contribution in [0.1, 0.15) is 41.5 Å². The van der Waals surface area contributed by atoms with Crippen LogP contribution in [0.15, 0.2) is 54.6 Å². The first-order valence-corrected chi connectivity index (χ1v) is 12.8. The van der Waals surface area contributed by atoms with Gasteiger partial charge in [0.2, 0.25) is 0 Å². The maximum atomic E-state index is 13.8. The van der Waals surface area contributed by atoms with Gasteiger partial charge in [-0.3, -0.25) is 0 Å². The first kappa shape index (κ1) is 31.6. The Morgan fingerprint density at radius 1 is 0.610 bits per heavy atom. The first-order chi connectivity index (χ1) is 19.5. The molecule has 0 aliphatic carbocycles. The van der Waals surface area contributed by atoms with Crippen LogP contribution in [0.25, 0.3) is 22.3 Å². The second-order valence-corrected chi connectivity index (χ2v) is 8.98. The summed E-state index contributed by atoms with van der Waals surface area (Å²) in [6.07, 6.45) is -8.24. The average Bonchev–Trinajstić information content (AvgIpc) is 2.92. The lowest BCUT2D eigenvalue weighted by Gasteiger charge is -2.17. The Hall–Kier alpha value is -3.96. The van der Waals surface area contributed by atoms with Gasteiger partial charge in [-0.05, 0) is 78.2 Å². The molecule has 0 saturated carbocycles. The molecule has 4 nitrogen and oxygen atoms in total. The van der Waals surface area contributed by atoms with Crippen molar-refractivity contribution in [3.05, 3.63) is 76.9 Å². The summed E-state index contributed by atoms with van der Waals surface area (Å²) in [5.41, 5.74) is 15.7. The molecule has 3 aromatic carbocycles. The van der Waals surface area contributed by atoms with Crippen LogP contribution in [0.2, 0.25) is 0 Å². The van der Waals surface area contributed by atoms with Crippen molar-refractivity contribution in [3.63, 3.8) is 0 Å². The van der Waals surface area contributed by atoms with Gasteiger partial charge in [-0.2, -0.15) is 26.3 Å². The highest BCUT2D eigenvalue weighted by atomic mass is 19.4. The third-order valence-corrected chi connectivity index (χ3v) is 5.75. The SMILES string of the molecule is NCCC#Cc1cc(-c2ccc(OCCCN)c(-c3cc(C#CCCN)cc(C(F)(F)F)c3)c2)cc(C(F)(F)F)c1. The zero-order valence-corrected chi connectivity index (χ0v) is 22.1. The van der Waals surface area contributed by atoms with E-state index in [1.54, 1.807) is 6.07 Å². The Labute approximate surface area is 234 Å². The van der Waals surface area contributed by atoms with Crippen molar-refractivity contribution in [3.8, 4) is 51.7 Å². The van der Waals surface area contributed by atoms with E-state index in [0.717, 1.165) is 24.3 Å². The predicted molar refractivity (Wildman–Crippen MR) is 148 cm³/mol. The average molecular weight is 574 g/mol. The largest absolute Gasteiger partial charge is 0.493 e. The highest BCUT2D eigenvalue weighted by molar-refractivity contribution is 5.79. The number of benzene rings is 3. The van der Waals surface area contributed by atoms with Crippen LogP contribution in [0.3, 0.4) is 0 Å². The summed E-state index contributed by atoms with van der Waals surface area (Å²) in [5, 5.41) is 0. The van der Waals surface area contributed by atoms with Crippen molar-refractivity contribution in [1.82, 2.24) is 0 Å². The maximum absolute atomic E-state index is 13.8. The summed E-state index contributed by atoms with van der Waals surface area (Å²) >= 11 is 0. The number of rotatable bonds is 8. The van der Waals surface area contributed by atoms with Gasteiger partial charge in [0.05, 0.1) is 17.7 Å². The third-order valence-electron chi connectivity index (χ3n) is 5.75. The smallest absolute Gasteiger partial charge is 0.416 e. The fourth-order valence-corrected chi connectivity index (χ4v) is 3.85. The molecule has 0 spiro atoms. The van der Waals surface area contributed by atoms with Crippen molar-refractivity contribution < 1.29 is 31.1 Å². The second kappa shape index (κ2) is 14.1. The number of halogens is 6. The fraction of sp³-hybridized carbons (Fsp3) is 0.290. The summed E-state index contributed by atoms with van der Waals surface area (Å²) in [6, 6.07) is 11.3. The fourth-order valence-electron chi connectivity index (χ4n) is 3.85. The van der Waals surface area contributed by atoms with Gasteiger partial charge in [0.15, 0.2) is 0 Å². The Morgan fingerprint density at radius 2 is 1.15 bits per heavy atom. The predicted octanol–water partition coefficient (Wildman–Crippen LogP) is 6.19. The molecule has 0 saturated heterocycles. The van der Waals surface area contributed by atoms with Crippen LogP contribution < -0.4 is 21.9 Å². The molecule has 0 fully saturated rings. The van der Waals surface area contributed by atoms with Gasteiger partial charge in [-0.1, -0.05) is 29.7 Å². The molecule has 0 aromatic heterocycles. The van der Waals surface area contributed by atoms with E-state index in [2.05, 4.69) is 23.7 Å². The van der Waals surface area contributed by atoms with Crippen molar-refractivity contribution in [2.75, 3.05) is 26.2 Å². The number of hydrogen-bond donors (Lipinski definition) is 3. The number of ether oxygens (including phenoxy) is 1. The molecule has 0 heterocycles. The lowest BCUT2D eigenvalue weighted by molar-refractivity contribution is -0.138. The molecular formula is C31H29F6N3O. The molecular weight excluding hydrogens is 544 g/mol. The number of alkyl halides is 6. The monoisotopic (exact) mass is 573 g/mol. The van der Waals surface area contributed by atoms with Gasteiger partial charge >= 0.3 is 12.4 Å². The molecule has 0 aliphatic rings. The second-order valence-electron chi connectivity index (χ2n) is 8.98. The van der Waals surface area contributed by atoms with E-state index in [9.17, 15) is 26.3 Å². The van der Waals surface area contributed by atoms with Crippen LogP contribution in [-0.2, 0) is 12.4 Å². The maximum Gasteiger partial charge on any atom is 0.416 e. The summed E-state index contributed by atoms with van der Waals surface area (Å²) in [6.45, 7) is 1.02. The molecule has 0 bridgehead atoms. The normalized spacial score (nSPS) is 11.3. The minimum Gasteiger partial charge on any atom is -0.493 e. The molecule has 3 aromatic rings. The molecule has 0 unspecified atom stereocenters. The topological polar surface area (TPSA) is 87.3 Å². The van der Waals surface area contributed by atoms with Gasteiger partial charge in [-0.15, -0.1) is 0 Å². The van der Waals surface area contributed by atoms with Crippen molar-refractivity contribution in [2.45, 2.75) is 31.6 Å². The summed E-state index contributed by atoms with van der Waals surface area (Å²) < 4.78 is 88.5. The summed E-state index contributed by atoms with van der Waals surface area (Å²) in [5.74, 6) is 11.1. The van der Waals surface area contributed by atoms with E-state index in [1.165, 1.54) is 24.3 Å². The van der Waals surface area contributed by atoms with Gasteiger partial charge in [0.1, 0.15) is 5.75 Å². The van der Waals surface area contributed by atoms with E-state index in [1.807, 2.05) is 0 Å². The van der Waals surface area contributed by atoms with Crippen LogP contribution in [0, 0.1) is 23.7 Å². The zero-order valence-electron chi connectivity index (χ0n) is 22.1. The Bertz CT molecular complexity index is 1470. The molecule has 3 rings (SSSR count). The molecule has 0 amide bonds. The number of nitrogens with two attached hydrogens (primary N) is 3. The highest BCUT2D eigenvalue weighted by Gasteiger charge is 2.32. The van der Waals surface area contributed by atoms with Crippen LogP contribution in [0.5, 0.6) is 5.75 Å². The molecule has 0 atom stereocenters. The van der Waals surface area contributed by atoms with Gasteiger partial charge in [0.25, 0.3) is 0 Å². The summed E-state index contributed by atoms with van der Waals surface area (Å²) in [7, 11) is 0. The molecule has 216 valence electrons. The van der Waals surface area contributed by atoms with Gasteiger partial charge < -0.3 is 21.9 Å². The van der Waals surface area contributed by atoms with Crippen LogP contribution in [0.4, 0.5) is 26.3 Å². The summed E-state index contributed by atoms with van der Waals surface area (Å²) in [4.78, 5) is 0. The van der Waals surface area contributed by atoms with E-state index >= 15 is 0 Å². The lowest BCUT2D eigenvalue weighted by Crippen LogP contribution is -2.08. The standard InChI is InChI=1S/C31H29F6N3O/c32-30(33,34)26-16-21(6-1-3-10-38)14-24(18-26)23-8-9-29(41-13-5-12-40)28(20-23)25-15-22(7-2-4-11-39)17-27(19-25)31(35,36)37/h8-9,14-20H,3-5,10-13,38-40H2. The highest BCUT2D eigenvalue weighted by Crippen LogP contribution is 2.40. The number of hydrogen-bond acceptors (Lipinski definition) is 4. The van der Waals surface area contributed by atoms with E-state index in [-0.39, 0.29) is 53.3 Å². The van der Waals surface area contributed by atoms with E-state index in [4.69, 9.17) is 21.9 Å². The van der Waals surface area contributed by atoms with Crippen LogP contribution >= 0.6 is 0 Å². The Balaban J connectivity index is 2.25. The van der Waals surface area contributed by atoms with Crippen LogP contribution in [-0.4, -0.2) is 26.2 Å². The Morgan fingerprint density at radius 3 is 1.66 bits per heavy atom. The molecule has 6 N–H and O–H groups in total. The minimum absolute atomic E-state index is 0.109. The third kappa shape index (κ3) is 9.02. The lowest BCUT2D eigenvalue weighted by atomic mass is 9.93. The Kier molecular flexibility index (Phi) is 10.8. The van der Waals surface area contributed by atoms with Crippen molar-refractivity contribution >= 4 is 0 Å². The molecule has 41 heavy (non-hydrogen) atoms. The van der Waals surface area contributed by atoms with E-state index < -0.39 is 23.5 Å².